The molecule has 0 heterocycles. The number of unbranched alkanes of at least 4 members (excludes halogenated alkanes) is 6. The average Bonchev–Trinajstić information content (AvgIpc) is 2.62. The molecule has 0 saturated carbocycles. The van der Waals surface area contributed by atoms with Crippen molar-refractivity contribution in [2.75, 3.05) is 11.5 Å². The molecule has 0 aromatic heterocycles. The molecule has 0 aromatic rings. The zero-order valence-electron chi connectivity index (χ0n) is 18.1. The molecule has 0 unspecified atom stereocenters. The van der Waals surface area contributed by atoms with Gasteiger partial charge in [0.15, 0.2) is 0 Å². The summed E-state index contributed by atoms with van der Waals surface area (Å²) in [6, 6.07) is 0. The molecule has 0 fully saturated rings. The predicted octanol–water partition coefficient (Wildman–Crippen LogP) is 6.30. The topological polar surface area (TPSA) is 52.6 Å². The maximum Gasteiger partial charge on any atom is 0.306 e. The Balaban J connectivity index is 3.57. The van der Waals surface area contributed by atoms with E-state index in [1.165, 1.54) is 38.5 Å². The summed E-state index contributed by atoms with van der Waals surface area (Å²) < 4.78 is 10.8. The number of carbonyl (C=O) groups excluding carboxylic acids is 2. The van der Waals surface area contributed by atoms with Crippen LogP contribution in [0.15, 0.2) is 0 Å². The lowest BCUT2D eigenvalue weighted by atomic mass is 10.1. The molecule has 0 spiro atoms. The van der Waals surface area contributed by atoms with Crippen LogP contribution in [0, 0.1) is 0 Å². The van der Waals surface area contributed by atoms with E-state index in [0.29, 0.717) is 24.3 Å². The summed E-state index contributed by atoms with van der Waals surface area (Å²) in [6.45, 7) is 8.32. The molecule has 0 radical (unpaired) electrons. The first kappa shape index (κ1) is 26.3. The van der Waals surface area contributed by atoms with E-state index < -0.39 is 0 Å². The van der Waals surface area contributed by atoms with Gasteiger partial charge in [-0.05, 0) is 39.5 Å². The molecule has 5 heteroatoms. The van der Waals surface area contributed by atoms with Crippen LogP contribution >= 0.6 is 11.8 Å². The van der Waals surface area contributed by atoms with Crippen molar-refractivity contribution in [2.45, 2.75) is 117 Å². The predicted molar refractivity (Wildman–Crippen MR) is 115 cm³/mol. The van der Waals surface area contributed by atoms with Crippen molar-refractivity contribution >= 4 is 23.7 Å². The highest BCUT2D eigenvalue weighted by Crippen LogP contribution is 2.12. The summed E-state index contributed by atoms with van der Waals surface area (Å²) in [5, 5.41) is 0. The Labute approximate surface area is 171 Å². The monoisotopic (exact) mass is 402 g/mol. The zero-order valence-corrected chi connectivity index (χ0v) is 18.9. The van der Waals surface area contributed by atoms with E-state index in [4.69, 9.17) is 9.47 Å². The maximum absolute atomic E-state index is 11.8. The molecule has 0 aliphatic carbocycles. The van der Waals surface area contributed by atoms with Crippen molar-refractivity contribution in [1.29, 1.82) is 0 Å². The van der Waals surface area contributed by atoms with Crippen LogP contribution in [0.5, 0.6) is 0 Å². The Morgan fingerprint density at radius 1 is 0.704 bits per heavy atom. The summed E-state index contributed by atoms with van der Waals surface area (Å²) in [4.78, 5) is 23.6. The Kier molecular flexibility index (Phi) is 18.2. The quantitative estimate of drug-likeness (QED) is 0.199. The summed E-state index contributed by atoms with van der Waals surface area (Å²) in [7, 11) is 0. The largest absolute Gasteiger partial charge is 0.463 e. The minimum atomic E-state index is -0.131. The van der Waals surface area contributed by atoms with Crippen molar-refractivity contribution in [3.8, 4) is 0 Å². The average molecular weight is 403 g/mol. The zero-order chi connectivity index (χ0) is 20.3. The van der Waals surface area contributed by atoms with E-state index in [1.807, 2.05) is 13.8 Å². The number of hydrogen-bond acceptors (Lipinski definition) is 5. The molecule has 160 valence electrons. The number of hydrogen-bond donors (Lipinski definition) is 0. The summed E-state index contributed by atoms with van der Waals surface area (Å²) >= 11 is 1.61. The molecule has 0 aromatic carbocycles. The lowest BCUT2D eigenvalue weighted by Gasteiger charge is -2.13. The lowest BCUT2D eigenvalue weighted by molar-refractivity contribution is -0.148. The minimum Gasteiger partial charge on any atom is -0.463 e. The smallest absolute Gasteiger partial charge is 0.306 e. The lowest BCUT2D eigenvalue weighted by Crippen LogP contribution is -2.16. The summed E-state index contributed by atoms with van der Waals surface area (Å²) in [6.07, 6.45) is 12.3. The van der Waals surface area contributed by atoms with E-state index >= 15 is 0 Å². The molecule has 2 atom stereocenters. The molecular formula is C22H42O4S. The third-order valence-corrected chi connectivity index (χ3v) is 5.48. The van der Waals surface area contributed by atoms with Gasteiger partial charge in [0, 0.05) is 11.5 Å². The van der Waals surface area contributed by atoms with E-state index in [1.54, 1.807) is 11.8 Å². The molecule has 0 rings (SSSR count). The SMILES string of the molecule is CCCCCC[C@H](C)OC(=O)CCSCCC(=O)O[C@@H](C)CCCCCC. The van der Waals surface area contributed by atoms with E-state index in [-0.39, 0.29) is 24.1 Å². The fourth-order valence-corrected chi connectivity index (χ4v) is 3.64. The van der Waals surface area contributed by atoms with Gasteiger partial charge in [0.25, 0.3) is 0 Å². The van der Waals surface area contributed by atoms with E-state index in [2.05, 4.69) is 13.8 Å². The molecule has 0 saturated heterocycles. The Morgan fingerprint density at radius 2 is 1.11 bits per heavy atom. The second-order valence-electron chi connectivity index (χ2n) is 7.41. The van der Waals surface area contributed by atoms with Gasteiger partial charge in [0.2, 0.25) is 0 Å². The first-order chi connectivity index (χ1) is 13.0. The van der Waals surface area contributed by atoms with Gasteiger partial charge in [-0.3, -0.25) is 9.59 Å². The molecule has 0 amide bonds. The Hall–Kier alpha value is -0.710. The van der Waals surface area contributed by atoms with Crippen LogP contribution in [0.1, 0.15) is 105 Å². The Bertz CT molecular complexity index is 339. The fourth-order valence-electron chi connectivity index (χ4n) is 2.81. The van der Waals surface area contributed by atoms with Gasteiger partial charge in [-0.15, -0.1) is 0 Å². The third kappa shape index (κ3) is 18.4. The van der Waals surface area contributed by atoms with E-state index in [0.717, 1.165) is 25.7 Å². The number of carbonyl (C=O) groups is 2. The second-order valence-corrected chi connectivity index (χ2v) is 8.64. The van der Waals surface area contributed by atoms with Crippen LogP contribution in [0.4, 0.5) is 0 Å². The first-order valence-corrected chi connectivity index (χ1v) is 12.1. The van der Waals surface area contributed by atoms with Crippen molar-refractivity contribution in [2.24, 2.45) is 0 Å². The normalized spacial score (nSPS) is 13.2. The number of ether oxygens (including phenoxy) is 2. The van der Waals surface area contributed by atoms with Gasteiger partial charge in [-0.1, -0.05) is 52.4 Å². The van der Waals surface area contributed by atoms with Crippen LogP contribution < -0.4 is 0 Å². The van der Waals surface area contributed by atoms with Crippen LogP contribution in [-0.2, 0) is 19.1 Å². The van der Waals surface area contributed by atoms with Crippen LogP contribution in [-0.4, -0.2) is 35.7 Å². The number of thioether (sulfide) groups is 1. The molecule has 0 aliphatic heterocycles. The third-order valence-electron chi connectivity index (χ3n) is 4.49. The van der Waals surface area contributed by atoms with Crippen molar-refractivity contribution < 1.29 is 19.1 Å². The number of esters is 2. The fraction of sp³-hybridized carbons (Fsp3) is 0.909. The maximum atomic E-state index is 11.8. The summed E-state index contributed by atoms with van der Waals surface area (Å²) in [5.74, 6) is 1.13. The van der Waals surface area contributed by atoms with Crippen molar-refractivity contribution in [1.82, 2.24) is 0 Å². The van der Waals surface area contributed by atoms with Crippen molar-refractivity contribution in [3.63, 3.8) is 0 Å². The first-order valence-electron chi connectivity index (χ1n) is 11.0. The van der Waals surface area contributed by atoms with Gasteiger partial charge >= 0.3 is 11.9 Å². The van der Waals surface area contributed by atoms with Crippen LogP contribution in [0.2, 0.25) is 0 Å². The van der Waals surface area contributed by atoms with Crippen LogP contribution in [0.3, 0.4) is 0 Å². The molecular weight excluding hydrogens is 360 g/mol. The summed E-state index contributed by atoms with van der Waals surface area (Å²) in [5.41, 5.74) is 0. The minimum absolute atomic E-state index is 0.00754. The number of rotatable bonds is 18. The highest BCUT2D eigenvalue weighted by atomic mass is 32.2. The standard InChI is InChI=1S/C22H42O4S/c1-5-7-9-11-13-19(3)25-21(23)15-17-27-18-16-22(24)26-20(4)14-12-10-8-6-2/h19-20H,5-18H2,1-4H3/t19-,20-/m0/s1. The molecule has 0 N–H and O–H groups in total. The molecule has 27 heavy (non-hydrogen) atoms. The van der Waals surface area contributed by atoms with E-state index in [9.17, 15) is 9.59 Å². The van der Waals surface area contributed by atoms with Crippen LogP contribution in [0.25, 0.3) is 0 Å². The molecule has 4 nitrogen and oxygen atoms in total. The van der Waals surface area contributed by atoms with Gasteiger partial charge in [-0.25, -0.2) is 0 Å². The molecule has 0 bridgehead atoms. The Morgan fingerprint density at radius 3 is 1.48 bits per heavy atom. The van der Waals surface area contributed by atoms with Gasteiger partial charge < -0.3 is 9.47 Å². The highest BCUT2D eigenvalue weighted by Gasteiger charge is 2.11. The van der Waals surface area contributed by atoms with Gasteiger partial charge in [-0.2, -0.15) is 11.8 Å². The van der Waals surface area contributed by atoms with Crippen molar-refractivity contribution in [3.05, 3.63) is 0 Å². The highest BCUT2D eigenvalue weighted by molar-refractivity contribution is 7.99. The molecule has 0 aliphatic rings. The van der Waals surface area contributed by atoms with Gasteiger partial charge in [0.05, 0.1) is 25.0 Å². The second kappa shape index (κ2) is 18.6. The van der Waals surface area contributed by atoms with Gasteiger partial charge in [0.1, 0.15) is 0 Å².